The van der Waals surface area contributed by atoms with E-state index in [4.69, 9.17) is 0 Å². The molecule has 1 N–H and O–H groups in total. The number of rotatable bonds is 0. The highest BCUT2D eigenvalue weighted by molar-refractivity contribution is 6.52. The molecular weight excluding hydrogens is 188 g/mol. The normalized spacial score (nSPS) is 19.3. The zero-order chi connectivity index (χ0) is 10.3. The Kier molecular flexibility index (Phi) is 1.84. The van der Waals surface area contributed by atoms with Crippen LogP contribution in [0.1, 0.15) is 18.4 Å². The fraction of sp³-hybridized carbons (Fsp3) is 0.333. The summed E-state index contributed by atoms with van der Waals surface area (Å²) in [6.45, 7) is 2.02. The molecule has 0 atom stereocenters. The number of nitrogens with zero attached hydrogens (tertiary/aromatic N) is 1. The summed E-state index contributed by atoms with van der Waals surface area (Å²) in [6, 6.07) is 7.90. The van der Waals surface area contributed by atoms with Crippen molar-refractivity contribution in [2.24, 2.45) is 0 Å². The fourth-order valence-corrected chi connectivity index (χ4v) is 2.36. The second-order valence-electron chi connectivity index (χ2n) is 4.04. The lowest BCUT2D eigenvalue weighted by atomic mass is 10.1. The Labute approximate surface area is 88.4 Å². The van der Waals surface area contributed by atoms with Crippen molar-refractivity contribution in [2.75, 3.05) is 18.4 Å². The van der Waals surface area contributed by atoms with E-state index in [-0.39, 0.29) is 5.91 Å². The van der Waals surface area contributed by atoms with Crippen LogP contribution in [-0.4, -0.2) is 29.3 Å². The highest BCUT2D eigenvalue weighted by Gasteiger charge is 2.34. The fourth-order valence-electron chi connectivity index (χ4n) is 2.36. The van der Waals surface area contributed by atoms with Gasteiger partial charge in [0.25, 0.3) is 5.71 Å². The Morgan fingerprint density at radius 3 is 2.67 bits per heavy atom. The van der Waals surface area contributed by atoms with Crippen LogP contribution in [0.15, 0.2) is 24.3 Å². The quantitative estimate of drug-likeness (QED) is 0.629. The smallest absolute Gasteiger partial charge is 0.316 e. The molecule has 0 unspecified atom stereocenters. The van der Waals surface area contributed by atoms with Gasteiger partial charge >= 0.3 is 5.91 Å². The lowest BCUT2D eigenvalue weighted by Gasteiger charge is -1.96. The van der Waals surface area contributed by atoms with Crippen LogP contribution < -0.4 is 5.32 Å². The number of nitrogens with one attached hydrogen (secondary N) is 1. The highest BCUT2D eigenvalue weighted by atomic mass is 16.2. The molecule has 1 amide bonds. The Balaban J connectivity index is 2.17. The SMILES string of the molecule is O=C1Nc2ccccc2C1=[N+]1CCCC1. The summed E-state index contributed by atoms with van der Waals surface area (Å²) < 4.78 is 2.20. The van der Waals surface area contributed by atoms with E-state index in [9.17, 15) is 4.79 Å². The first-order valence-electron chi connectivity index (χ1n) is 5.39. The summed E-state index contributed by atoms with van der Waals surface area (Å²) in [6.07, 6.45) is 2.39. The third-order valence-electron chi connectivity index (χ3n) is 3.07. The summed E-state index contributed by atoms with van der Waals surface area (Å²) in [5.74, 6) is 0.0538. The van der Waals surface area contributed by atoms with Crippen molar-refractivity contribution in [3.63, 3.8) is 0 Å². The van der Waals surface area contributed by atoms with Crippen molar-refractivity contribution in [1.82, 2.24) is 0 Å². The molecule has 0 bridgehead atoms. The number of carbonyl (C=O) groups excluding carboxylic acids is 1. The van der Waals surface area contributed by atoms with E-state index >= 15 is 0 Å². The van der Waals surface area contributed by atoms with E-state index in [2.05, 4.69) is 9.89 Å². The molecule has 3 rings (SSSR count). The summed E-state index contributed by atoms with van der Waals surface area (Å²) in [7, 11) is 0. The number of anilines is 1. The van der Waals surface area contributed by atoms with Gasteiger partial charge in [-0.1, -0.05) is 12.1 Å². The number of para-hydroxylation sites is 1. The van der Waals surface area contributed by atoms with Crippen molar-refractivity contribution in [3.05, 3.63) is 29.8 Å². The molecule has 3 nitrogen and oxygen atoms in total. The van der Waals surface area contributed by atoms with Crippen LogP contribution in [0.2, 0.25) is 0 Å². The number of amides is 1. The molecule has 1 aromatic rings. The predicted octanol–water partition coefficient (Wildman–Crippen LogP) is 1.23. The molecule has 1 aromatic carbocycles. The zero-order valence-electron chi connectivity index (χ0n) is 8.49. The maximum atomic E-state index is 11.8. The van der Waals surface area contributed by atoms with E-state index < -0.39 is 0 Å². The summed E-state index contributed by atoms with van der Waals surface area (Å²) in [5, 5.41) is 2.91. The highest BCUT2D eigenvalue weighted by Crippen LogP contribution is 2.23. The van der Waals surface area contributed by atoms with Crippen LogP contribution >= 0.6 is 0 Å². The van der Waals surface area contributed by atoms with Crippen LogP contribution in [0, 0.1) is 0 Å². The van der Waals surface area contributed by atoms with Gasteiger partial charge in [-0.25, -0.2) is 4.58 Å². The molecule has 2 aliphatic heterocycles. The zero-order valence-corrected chi connectivity index (χ0v) is 8.49. The molecule has 0 saturated carbocycles. The molecular formula is C12H13N2O+. The van der Waals surface area contributed by atoms with E-state index in [0.717, 1.165) is 30.1 Å². The van der Waals surface area contributed by atoms with Crippen molar-refractivity contribution in [1.29, 1.82) is 0 Å². The van der Waals surface area contributed by atoms with E-state index in [0.29, 0.717) is 0 Å². The molecule has 0 aliphatic carbocycles. The Bertz CT molecular complexity index is 454. The lowest BCUT2D eigenvalue weighted by molar-refractivity contribution is -0.504. The van der Waals surface area contributed by atoms with E-state index in [1.165, 1.54) is 12.8 Å². The third kappa shape index (κ3) is 1.27. The Hall–Kier alpha value is -1.64. The predicted molar refractivity (Wildman–Crippen MR) is 58.4 cm³/mol. The van der Waals surface area contributed by atoms with Crippen molar-refractivity contribution in [3.8, 4) is 0 Å². The van der Waals surface area contributed by atoms with Crippen LogP contribution in [-0.2, 0) is 4.79 Å². The maximum absolute atomic E-state index is 11.8. The second kappa shape index (κ2) is 3.19. The Morgan fingerprint density at radius 2 is 1.87 bits per heavy atom. The van der Waals surface area contributed by atoms with Gasteiger partial charge in [0.2, 0.25) is 0 Å². The molecule has 3 heteroatoms. The van der Waals surface area contributed by atoms with Gasteiger partial charge in [0, 0.05) is 12.8 Å². The number of hydrogen-bond donors (Lipinski definition) is 1. The first kappa shape index (κ1) is 8.65. The minimum atomic E-state index is 0.0538. The monoisotopic (exact) mass is 201 g/mol. The number of benzene rings is 1. The number of carbonyl (C=O) groups is 1. The summed E-state index contributed by atoms with van der Waals surface area (Å²) >= 11 is 0. The third-order valence-corrected chi connectivity index (χ3v) is 3.07. The van der Waals surface area contributed by atoms with Gasteiger partial charge < -0.3 is 5.32 Å². The van der Waals surface area contributed by atoms with Gasteiger partial charge in [-0.15, -0.1) is 0 Å². The minimum Gasteiger partial charge on any atom is -0.316 e. The lowest BCUT2D eigenvalue weighted by Crippen LogP contribution is -2.26. The van der Waals surface area contributed by atoms with Gasteiger partial charge in [-0.2, -0.15) is 0 Å². The van der Waals surface area contributed by atoms with Gasteiger partial charge in [0.15, 0.2) is 0 Å². The first-order valence-corrected chi connectivity index (χ1v) is 5.39. The van der Waals surface area contributed by atoms with Crippen molar-refractivity contribution >= 4 is 17.3 Å². The summed E-state index contributed by atoms with van der Waals surface area (Å²) in [5.41, 5.74) is 2.87. The van der Waals surface area contributed by atoms with Crippen LogP contribution in [0.5, 0.6) is 0 Å². The van der Waals surface area contributed by atoms with Crippen LogP contribution in [0.4, 0.5) is 5.69 Å². The average molecular weight is 201 g/mol. The average Bonchev–Trinajstić information content (AvgIpc) is 2.82. The van der Waals surface area contributed by atoms with Gasteiger partial charge in [0.05, 0.1) is 11.3 Å². The largest absolute Gasteiger partial charge is 0.320 e. The molecule has 76 valence electrons. The molecule has 1 saturated heterocycles. The second-order valence-corrected chi connectivity index (χ2v) is 4.04. The van der Waals surface area contributed by atoms with Crippen LogP contribution in [0.3, 0.4) is 0 Å². The molecule has 2 aliphatic rings. The molecule has 0 spiro atoms. The standard InChI is InChI=1S/C12H12N2O/c15-12-11(14-7-3-4-8-14)9-5-1-2-6-10(9)13-12/h1-2,5-6H,3-4,7-8H2/p+1. The Morgan fingerprint density at radius 1 is 1.13 bits per heavy atom. The van der Waals surface area contributed by atoms with Gasteiger partial charge in [-0.3, -0.25) is 4.79 Å². The van der Waals surface area contributed by atoms with Crippen LogP contribution in [0.25, 0.3) is 0 Å². The number of hydrogen-bond acceptors (Lipinski definition) is 1. The topological polar surface area (TPSA) is 32.1 Å². The van der Waals surface area contributed by atoms with Crippen molar-refractivity contribution < 1.29 is 9.37 Å². The first-order chi connectivity index (χ1) is 7.36. The van der Waals surface area contributed by atoms with Gasteiger partial charge in [-0.05, 0) is 12.1 Å². The molecule has 1 fully saturated rings. The van der Waals surface area contributed by atoms with Crippen molar-refractivity contribution in [2.45, 2.75) is 12.8 Å². The summed E-state index contributed by atoms with van der Waals surface area (Å²) in [4.78, 5) is 11.8. The van der Waals surface area contributed by atoms with E-state index in [1.54, 1.807) is 0 Å². The van der Waals surface area contributed by atoms with Gasteiger partial charge in [0.1, 0.15) is 13.1 Å². The van der Waals surface area contributed by atoms with E-state index in [1.807, 2.05) is 24.3 Å². The molecule has 0 radical (unpaired) electrons. The maximum Gasteiger partial charge on any atom is 0.320 e. The minimum absolute atomic E-state index is 0.0538. The molecule has 15 heavy (non-hydrogen) atoms. The molecule has 2 heterocycles. The number of fused-ring (bicyclic) bond motifs is 1. The molecule has 0 aromatic heterocycles.